The Hall–Kier alpha value is -1.55. The Labute approximate surface area is 121 Å². The van der Waals surface area contributed by atoms with Crippen LogP contribution in [0.2, 0.25) is 0 Å². The highest BCUT2D eigenvalue weighted by Gasteiger charge is 2.11. The van der Waals surface area contributed by atoms with Crippen molar-refractivity contribution in [1.29, 1.82) is 0 Å². The maximum absolute atomic E-state index is 11.9. The van der Waals surface area contributed by atoms with Gasteiger partial charge >= 0.3 is 6.03 Å². The van der Waals surface area contributed by atoms with Crippen LogP contribution in [0, 0.1) is 6.92 Å². The molecule has 0 saturated heterocycles. The quantitative estimate of drug-likeness (QED) is 0.840. The van der Waals surface area contributed by atoms with Gasteiger partial charge in [0.15, 0.2) is 0 Å². The molecule has 1 aromatic carbocycles. The molecule has 2 amide bonds. The van der Waals surface area contributed by atoms with Crippen molar-refractivity contribution >= 4 is 6.03 Å². The summed E-state index contributed by atoms with van der Waals surface area (Å²) < 4.78 is 0. The Balaban J connectivity index is 2.40. The number of hydrogen-bond acceptors (Lipinski definition) is 2. The summed E-state index contributed by atoms with van der Waals surface area (Å²) in [6, 6.07) is 8.25. The molecular weight excluding hydrogens is 252 g/mol. The van der Waals surface area contributed by atoms with E-state index in [1.54, 1.807) is 18.9 Å². The average Bonchev–Trinajstić information content (AvgIpc) is 2.41. The van der Waals surface area contributed by atoms with Gasteiger partial charge in [-0.1, -0.05) is 36.8 Å². The number of nitrogens with one attached hydrogen (secondary N) is 1. The first-order valence-electron chi connectivity index (χ1n) is 7.13. The molecule has 2 unspecified atom stereocenters. The summed E-state index contributed by atoms with van der Waals surface area (Å²) in [6.07, 6.45) is 0.216. The number of rotatable bonds is 6. The van der Waals surface area contributed by atoms with E-state index in [2.05, 4.69) is 37.4 Å². The highest BCUT2D eigenvalue weighted by Crippen LogP contribution is 2.15. The molecule has 0 radical (unpaired) electrons. The van der Waals surface area contributed by atoms with Crippen molar-refractivity contribution in [1.82, 2.24) is 10.2 Å². The van der Waals surface area contributed by atoms with Crippen LogP contribution in [0.15, 0.2) is 24.3 Å². The fourth-order valence-electron chi connectivity index (χ4n) is 1.95. The molecule has 0 spiro atoms. The van der Waals surface area contributed by atoms with Crippen LogP contribution in [-0.2, 0) is 0 Å². The number of carbonyl (C=O) groups excluding carboxylic acids is 1. The van der Waals surface area contributed by atoms with Crippen molar-refractivity contribution in [2.75, 3.05) is 20.1 Å². The SMILES string of the molecule is Cc1cccc(C(C)CNC(=O)N(C)CCC(C)O)c1. The van der Waals surface area contributed by atoms with Gasteiger partial charge in [0.1, 0.15) is 0 Å². The topological polar surface area (TPSA) is 52.6 Å². The molecule has 2 atom stereocenters. The van der Waals surface area contributed by atoms with Gasteiger partial charge in [0.25, 0.3) is 0 Å². The zero-order chi connectivity index (χ0) is 15.1. The number of carbonyl (C=O) groups is 1. The molecule has 20 heavy (non-hydrogen) atoms. The van der Waals surface area contributed by atoms with Gasteiger partial charge in [0, 0.05) is 20.1 Å². The van der Waals surface area contributed by atoms with Crippen LogP contribution in [0.5, 0.6) is 0 Å². The minimum absolute atomic E-state index is 0.0925. The van der Waals surface area contributed by atoms with Crippen molar-refractivity contribution in [2.24, 2.45) is 0 Å². The van der Waals surface area contributed by atoms with E-state index in [1.807, 2.05) is 6.07 Å². The van der Waals surface area contributed by atoms with Crippen molar-refractivity contribution in [2.45, 2.75) is 39.2 Å². The van der Waals surface area contributed by atoms with E-state index in [1.165, 1.54) is 11.1 Å². The number of benzene rings is 1. The number of aliphatic hydroxyl groups is 1. The predicted molar refractivity (Wildman–Crippen MR) is 81.9 cm³/mol. The van der Waals surface area contributed by atoms with Crippen LogP contribution in [0.1, 0.15) is 37.3 Å². The molecule has 0 aromatic heterocycles. The number of urea groups is 1. The Morgan fingerprint density at radius 1 is 1.40 bits per heavy atom. The molecule has 0 aliphatic carbocycles. The highest BCUT2D eigenvalue weighted by molar-refractivity contribution is 5.73. The molecule has 0 aliphatic rings. The van der Waals surface area contributed by atoms with Crippen LogP contribution in [-0.4, -0.2) is 42.3 Å². The summed E-state index contributed by atoms with van der Waals surface area (Å²) in [4.78, 5) is 13.5. The van der Waals surface area contributed by atoms with Gasteiger partial charge in [0.2, 0.25) is 0 Å². The van der Waals surface area contributed by atoms with Crippen LogP contribution in [0.3, 0.4) is 0 Å². The maximum atomic E-state index is 11.9. The smallest absolute Gasteiger partial charge is 0.317 e. The first-order chi connectivity index (χ1) is 9.40. The molecule has 2 N–H and O–H groups in total. The zero-order valence-electron chi connectivity index (χ0n) is 12.9. The lowest BCUT2D eigenvalue weighted by Crippen LogP contribution is -2.40. The lowest BCUT2D eigenvalue weighted by atomic mass is 9.99. The van der Waals surface area contributed by atoms with Crippen molar-refractivity contribution < 1.29 is 9.90 Å². The number of amides is 2. The molecule has 0 heterocycles. The fourth-order valence-corrected chi connectivity index (χ4v) is 1.95. The van der Waals surface area contributed by atoms with E-state index in [9.17, 15) is 9.90 Å². The fraction of sp³-hybridized carbons (Fsp3) is 0.562. The Morgan fingerprint density at radius 2 is 2.10 bits per heavy atom. The van der Waals surface area contributed by atoms with Gasteiger partial charge in [0.05, 0.1) is 6.10 Å². The van der Waals surface area contributed by atoms with Crippen LogP contribution < -0.4 is 5.32 Å². The van der Waals surface area contributed by atoms with E-state index in [4.69, 9.17) is 0 Å². The summed E-state index contributed by atoms with van der Waals surface area (Å²) >= 11 is 0. The number of nitrogens with zero attached hydrogens (tertiary/aromatic N) is 1. The Kier molecular flexibility index (Phi) is 6.52. The van der Waals surface area contributed by atoms with Gasteiger partial charge < -0.3 is 15.3 Å². The summed E-state index contributed by atoms with van der Waals surface area (Å²) in [5, 5.41) is 12.1. The van der Waals surface area contributed by atoms with E-state index >= 15 is 0 Å². The van der Waals surface area contributed by atoms with Gasteiger partial charge in [-0.3, -0.25) is 0 Å². The van der Waals surface area contributed by atoms with Gasteiger partial charge in [-0.2, -0.15) is 0 Å². The van der Waals surface area contributed by atoms with E-state index < -0.39 is 0 Å². The van der Waals surface area contributed by atoms with E-state index in [0.717, 1.165) is 0 Å². The van der Waals surface area contributed by atoms with Crippen molar-refractivity contribution in [3.05, 3.63) is 35.4 Å². The van der Waals surface area contributed by atoms with Crippen LogP contribution in [0.4, 0.5) is 4.79 Å². The molecule has 0 aliphatic heterocycles. The predicted octanol–water partition coefficient (Wildman–Crippen LogP) is 2.51. The van der Waals surface area contributed by atoms with Gasteiger partial charge in [-0.25, -0.2) is 4.79 Å². The zero-order valence-corrected chi connectivity index (χ0v) is 12.9. The number of hydrogen-bond donors (Lipinski definition) is 2. The standard InChI is InChI=1S/C16H26N2O2/c1-12-6-5-7-15(10-12)13(2)11-17-16(20)18(4)9-8-14(3)19/h5-7,10,13-14,19H,8-9,11H2,1-4H3,(H,17,20). The third-order valence-corrected chi connectivity index (χ3v) is 3.40. The normalized spacial score (nSPS) is 13.7. The lowest BCUT2D eigenvalue weighted by Gasteiger charge is -2.20. The molecule has 0 fully saturated rings. The second-order valence-corrected chi connectivity index (χ2v) is 5.56. The maximum Gasteiger partial charge on any atom is 0.317 e. The Bertz CT molecular complexity index is 432. The molecule has 4 nitrogen and oxygen atoms in total. The van der Waals surface area contributed by atoms with Crippen molar-refractivity contribution in [3.8, 4) is 0 Å². The third kappa shape index (κ3) is 5.61. The van der Waals surface area contributed by atoms with E-state index in [0.29, 0.717) is 19.5 Å². The lowest BCUT2D eigenvalue weighted by molar-refractivity contribution is 0.163. The van der Waals surface area contributed by atoms with Crippen LogP contribution >= 0.6 is 0 Å². The monoisotopic (exact) mass is 278 g/mol. The van der Waals surface area contributed by atoms with Gasteiger partial charge in [-0.05, 0) is 31.7 Å². The molecule has 4 heteroatoms. The summed E-state index contributed by atoms with van der Waals surface area (Å²) in [5.41, 5.74) is 2.46. The minimum Gasteiger partial charge on any atom is -0.393 e. The molecule has 1 aromatic rings. The Morgan fingerprint density at radius 3 is 2.70 bits per heavy atom. The number of aliphatic hydroxyl groups excluding tert-OH is 1. The molecule has 1 rings (SSSR count). The first kappa shape index (κ1) is 16.5. The highest BCUT2D eigenvalue weighted by atomic mass is 16.3. The first-order valence-corrected chi connectivity index (χ1v) is 7.13. The van der Waals surface area contributed by atoms with Crippen molar-refractivity contribution in [3.63, 3.8) is 0 Å². The summed E-state index contributed by atoms with van der Waals surface area (Å²) in [5.74, 6) is 0.281. The largest absolute Gasteiger partial charge is 0.393 e. The molecule has 112 valence electrons. The average molecular weight is 278 g/mol. The van der Waals surface area contributed by atoms with Gasteiger partial charge in [-0.15, -0.1) is 0 Å². The third-order valence-electron chi connectivity index (χ3n) is 3.40. The summed E-state index contributed by atoms with van der Waals surface area (Å²) in [6.45, 7) is 7.07. The number of aryl methyl sites for hydroxylation is 1. The molecular formula is C16H26N2O2. The van der Waals surface area contributed by atoms with E-state index in [-0.39, 0.29) is 18.1 Å². The molecule has 0 bridgehead atoms. The minimum atomic E-state index is -0.378. The second kappa shape index (κ2) is 7.90. The molecule has 0 saturated carbocycles. The summed E-state index contributed by atoms with van der Waals surface area (Å²) in [7, 11) is 1.75. The van der Waals surface area contributed by atoms with Crippen LogP contribution in [0.25, 0.3) is 0 Å². The second-order valence-electron chi connectivity index (χ2n) is 5.56.